The first-order valence-electron chi connectivity index (χ1n) is 10.2. The Morgan fingerprint density at radius 1 is 1.19 bits per heavy atom. The second-order valence-electron chi connectivity index (χ2n) is 7.35. The van der Waals surface area contributed by atoms with Crippen LogP contribution < -0.4 is 19.5 Å². The molecule has 1 heterocycles. The first-order chi connectivity index (χ1) is 15.3. The number of hydrogen-bond donors (Lipinski definition) is 2. The van der Waals surface area contributed by atoms with Gasteiger partial charge in [0.2, 0.25) is 15.9 Å². The van der Waals surface area contributed by atoms with Crippen molar-refractivity contribution in [2.45, 2.75) is 36.3 Å². The monoisotopic (exact) mass is 466 g/mol. The Morgan fingerprint density at radius 3 is 2.56 bits per heavy atom. The number of rotatable bonds is 10. The Hall–Kier alpha value is -2.69. The number of nitrogens with one attached hydrogen (secondary N) is 2. The number of para-hydroxylation sites is 1. The summed E-state index contributed by atoms with van der Waals surface area (Å²) in [5.74, 6) is -0.190. The summed E-state index contributed by atoms with van der Waals surface area (Å²) in [6.45, 7) is 1.02. The van der Waals surface area contributed by atoms with Crippen molar-refractivity contribution in [3.8, 4) is 11.5 Å². The fraction of sp³-hybridized carbons (Fsp3) is 0.409. The molecule has 1 amide bonds. The predicted octanol–water partition coefficient (Wildman–Crippen LogP) is 2.55. The van der Waals surface area contributed by atoms with Gasteiger partial charge < -0.3 is 19.5 Å². The van der Waals surface area contributed by atoms with Gasteiger partial charge in [-0.1, -0.05) is 12.1 Å². The molecule has 0 aliphatic carbocycles. The molecule has 10 heteroatoms. The lowest BCUT2D eigenvalue weighted by molar-refractivity contribution is -0.122. The van der Waals surface area contributed by atoms with Crippen LogP contribution in [0.1, 0.15) is 30.9 Å². The molecule has 1 fully saturated rings. The van der Waals surface area contributed by atoms with Crippen molar-refractivity contribution in [3.63, 3.8) is 0 Å². The van der Waals surface area contributed by atoms with Crippen molar-refractivity contribution in [2.24, 2.45) is 0 Å². The van der Waals surface area contributed by atoms with Crippen LogP contribution in [0.25, 0.3) is 0 Å². The molecular formula is C22H27FN2O6S. The minimum Gasteiger partial charge on any atom is -0.493 e. The van der Waals surface area contributed by atoms with Gasteiger partial charge in [0.25, 0.3) is 0 Å². The van der Waals surface area contributed by atoms with Crippen molar-refractivity contribution in [1.82, 2.24) is 10.0 Å². The maximum atomic E-state index is 13.3. The molecule has 1 aliphatic rings. The van der Waals surface area contributed by atoms with E-state index in [9.17, 15) is 17.6 Å². The third kappa shape index (κ3) is 5.96. The van der Waals surface area contributed by atoms with E-state index >= 15 is 0 Å². The van der Waals surface area contributed by atoms with Crippen LogP contribution in [-0.4, -0.2) is 47.8 Å². The average molecular weight is 467 g/mol. The van der Waals surface area contributed by atoms with E-state index in [2.05, 4.69) is 10.0 Å². The Bertz CT molecular complexity index is 1020. The van der Waals surface area contributed by atoms with Gasteiger partial charge in [-0.05, 0) is 43.2 Å². The van der Waals surface area contributed by atoms with Gasteiger partial charge in [-0.15, -0.1) is 0 Å². The molecule has 0 bridgehead atoms. The highest BCUT2D eigenvalue weighted by Crippen LogP contribution is 2.36. The SMILES string of the molecule is COc1cccc(C(CC(=O)NCC2CCCO2)NS(=O)(=O)c2ccc(F)cc2)c1OC. The normalized spacial score (nSPS) is 17.0. The molecule has 32 heavy (non-hydrogen) atoms. The van der Waals surface area contributed by atoms with E-state index in [0.29, 0.717) is 30.2 Å². The summed E-state index contributed by atoms with van der Waals surface area (Å²) in [4.78, 5) is 12.6. The largest absolute Gasteiger partial charge is 0.493 e. The number of carbonyl (C=O) groups excluding carboxylic acids is 1. The Kier molecular flexibility index (Phi) is 8.05. The highest BCUT2D eigenvalue weighted by atomic mass is 32.2. The summed E-state index contributed by atoms with van der Waals surface area (Å²) in [7, 11) is -1.16. The first-order valence-corrected chi connectivity index (χ1v) is 11.7. The third-order valence-corrected chi connectivity index (χ3v) is 6.66. The quantitative estimate of drug-likeness (QED) is 0.558. The number of ether oxygens (including phenoxy) is 3. The number of benzene rings is 2. The van der Waals surface area contributed by atoms with E-state index in [1.807, 2.05) is 0 Å². The maximum absolute atomic E-state index is 13.3. The highest BCUT2D eigenvalue weighted by Gasteiger charge is 2.28. The van der Waals surface area contributed by atoms with Crippen molar-refractivity contribution < 1.29 is 31.8 Å². The molecule has 0 saturated carbocycles. The summed E-state index contributed by atoms with van der Waals surface area (Å²) in [6, 6.07) is 8.50. The molecule has 2 unspecified atom stereocenters. The van der Waals surface area contributed by atoms with Gasteiger partial charge in [0.1, 0.15) is 5.82 Å². The van der Waals surface area contributed by atoms with Crippen molar-refractivity contribution in [1.29, 1.82) is 0 Å². The Balaban J connectivity index is 1.87. The fourth-order valence-electron chi connectivity index (χ4n) is 3.56. The van der Waals surface area contributed by atoms with Crippen LogP contribution in [0.2, 0.25) is 0 Å². The topological polar surface area (TPSA) is 103 Å². The molecule has 2 N–H and O–H groups in total. The van der Waals surface area contributed by atoms with Gasteiger partial charge in [-0.25, -0.2) is 17.5 Å². The third-order valence-electron chi connectivity index (χ3n) is 5.17. The second kappa shape index (κ2) is 10.8. The molecule has 174 valence electrons. The number of halogens is 1. The summed E-state index contributed by atoms with van der Waals surface area (Å²) in [6.07, 6.45) is 1.59. The number of amides is 1. The van der Waals surface area contributed by atoms with Gasteiger partial charge >= 0.3 is 0 Å². The maximum Gasteiger partial charge on any atom is 0.241 e. The van der Waals surface area contributed by atoms with Gasteiger partial charge in [0, 0.05) is 25.1 Å². The first kappa shape index (κ1) is 24.0. The minimum absolute atomic E-state index is 0.0420. The summed E-state index contributed by atoms with van der Waals surface area (Å²) in [5.41, 5.74) is 0.435. The summed E-state index contributed by atoms with van der Waals surface area (Å²) < 4.78 is 58.0. The lowest BCUT2D eigenvalue weighted by Gasteiger charge is -2.22. The molecule has 1 saturated heterocycles. The number of hydrogen-bond acceptors (Lipinski definition) is 6. The predicted molar refractivity (Wildman–Crippen MR) is 116 cm³/mol. The van der Waals surface area contributed by atoms with E-state index in [-0.39, 0.29) is 23.3 Å². The Morgan fingerprint density at radius 2 is 1.94 bits per heavy atom. The molecule has 1 aliphatic heterocycles. The van der Waals surface area contributed by atoms with Crippen LogP contribution >= 0.6 is 0 Å². The van der Waals surface area contributed by atoms with E-state index in [1.165, 1.54) is 14.2 Å². The standard InChI is InChI=1S/C22H27FN2O6S/c1-29-20-7-3-6-18(22(20)30-2)19(13-21(26)24-14-16-5-4-12-31-16)25-32(27,28)17-10-8-15(23)9-11-17/h3,6-11,16,19,25H,4-5,12-14H2,1-2H3,(H,24,26). The molecule has 3 rings (SSSR count). The van der Waals surface area contributed by atoms with Crippen LogP contribution in [0.5, 0.6) is 11.5 Å². The fourth-order valence-corrected chi connectivity index (χ4v) is 4.78. The molecule has 0 spiro atoms. The van der Waals surface area contributed by atoms with Crippen molar-refractivity contribution in [2.75, 3.05) is 27.4 Å². The molecule has 0 aromatic heterocycles. The van der Waals surface area contributed by atoms with Crippen LogP contribution in [0.3, 0.4) is 0 Å². The molecule has 2 aromatic carbocycles. The zero-order chi connectivity index (χ0) is 23.1. The van der Waals surface area contributed by atoms with Crippen LogP contribution in [0.15, 0.2) is 47.4 Å². The van der Waals surface area contributed by atoms with E-state index < -0.39 is 21.9 Å². The van der Waals surface area contributed by atoms with Gasteiger partial charge in [0.15, 0.2) is 11.5 Å². The number of carbonyl (C=O) groups is 1. The van der Waals surface area contributed by atoms with Gasteiger partial charge in [0.05, 0.1) is 31.3 Å². The highest BCUT2D eigenvalue weighted by molar-refractivity contribution is 7.89. The molecule has 0 radical (unpaired) electrons. The minimum atomic E-state index is -4.06. The number of sulfonamides is 1. The average Bonchev–Trinajstić information content (AvgIpc) is 3.30. The summed E-state index contributed by atoms with van der Waals surface area (Å²) in [5, 5.41) is 2.80. The second-order valence-corrected chi connectivity index (χ2v) is 9.07. The van der Waals surface area contributed by atoms with Crippen molar-refractivity contribution in [3.05, 3.63) is 53.8 Å². The van der Waals surface area contributed by atoms with Crippen LogP contribution in [0.4, 0.5) is 4.39 Å². The van der Waals surface area contributed by atoms with E-state index in [1.54, 1.807) is 18.2 Å². The zero-order valence-corrected chi connectivity index (χ0v) is 18.8. The van der Waals surface area contributed by atoms with Gasteiger partial charge in [-0.2, -0.15) is 0 Å². The lowest BCUT2D eigenvalue weighted by atomic mass is 10.0. The summed E-state index contributed by atoms with van der Waals surface area (Å²) >= 11 is 0. The Labute approximate surface area is 187 Å². The molecule has 2 aromatic rings. The zero-order valence-electron chi connectivity index (χ0n) is 18.0. The van der Waals surface area contributed by atoms with E-state index in [0.717, 1.165) is 37.1 Å². The van der Waals surface area contributed by atoms with E-state index in [4.69, 9.17) is 14.2 Å². The molecule has 8 nitrogen and oxygen atoms in total. The van der Waals surface area contributed by atoms with Gasteiger partial charge in [-0.3, -0.25) is 4.79 Å². The van der Waals surface area contributed by atoms with Crippen molar-refractivity contribution >= 4 is 15.9 Å². The lowest BCUT2D eigenvalue weighted by Crippen LogP contribution is -2.36. The van der Waals surface area contributed by atoms with Crippen LogP contribution in [-0.2, 0) is 19.6 Å². The smallest absolute Gasteiger partial charge is 0.241 e. The molecule has 2 atom stereocenters. The number of methoxy groups -OCH3 is 2. The molecular weight excluding hydrogens is 439 g/mol. The van der Waals surface area contributed by atoms with Crippen LogP contribution in [0, 0.1) is 5.82 Å².